The molecule has 0 fully saturated rings. The number of carbonyl (C=O) groups excluding carboxylic acids is 2. The van der Waals surface area contributed by atoms with Crippen LogP contribution >= 0.6 is 15.9 Å². The highest BCUT2D eigenvalue weighted by atomic mass is 79.9. The van der Waals surface area contributed by atoms with Crippen LogP contribution in [-0.4, -0.2) is 49.2 Å². The van der Waals surface area contributed by atoms with Crippen LogP contribution in [0.1, 0.15) is 53.0 Å². The van der Waals surface area contributed by atoms with Crippen molar-refractivity contribution in [2.24, 2.45) is 0 Å². The molecule has 158 valence electrons. The lowest BCUT2D eigenvalue weighted by Gasteiger charge is -2.21. The molecule has 1 amide bonds. The third-order valence-electron chi connectivity index (χ3n) is 3.77. The van der Waals surface area contributed by atoms with Gasteiger partial charge in [0, 0.05) is 24.5 Å². The number of rotatable bonds is 10. The number of ether oxygens (including phenoxy) is 3. The summed E-state index contributed by atoms with van der Waals surface area (Å²) in [6, 6.07) is 3.67. The molecular formula is C21H32BrNO5. The monoisotopic (exact) mass is 457 g/mol. The van der Waals surface area contributed by atoms with E-state index in [1.807, 2.05) is 46.8 Å². The molecule has 0 aliphatic heterocycles. The van der Waals surface area contributed by atoms with Gasteiger partial charge in [0.1, 0.15) is 5.60 Å². The molecule has 0 saturated carbocycles. The lowest BCUT2D eigenvalue weighted by molar-refractivity contribution is -0.155. The quantitative estimate of drug-likeness (QED) is 0.488. The zero-order valence-electron chi connectivity index (χ0n) is 17.8. The first kappa shape index (κ1) is 24.3. The summed E-state index contributed by atoms with van der Waals surface area (Å²) in [4.78, 5) is 26.0. The second kappa shape index (κ2) is 11.3. The van der Waals surface area contributed by atoms with Crippen LogP contribution in [0.15, 0.2) is 16.6 Å². The van der Waals surface area contributed by atoms with Crippen LogP contribution in [0.3, 0.4) is 0 Å². The fourth-order valence-corrected chi connectivity index (χ4v) is 2.99. The Balaban J connectivity index is 2.66. The Morgan fingerprint density at radius 1 is 1.07 bits per heavy atom. The van der Waals surface area contributed by atoms with E-state index >= 15 is 0 Å². The fourth-order valence-electron chi connectivity index (χ4n) is 2.52. The number of hydrogen-bond acceptors (Lipinski definition) is 5. The Hall–Kier alpha value is -1.76. The normalized spacial score (nSPS) is 11.1. The maximum atomic E-state index is 12.6. The van der Waals surface area contributed by atoms with Crippen molar-refractivity contribution in [1.82, 2.24) is 4.90 Å². The standard InChI is InChI=1S/C21H32BrNO5/c1-7-26-17-12-15(16(22)14-18(17)27-8-2)13-19(24)23(6)11-9-10-20(25)28-21(3,4)5/h12,14H,7-11,13H2,1-6H3. The molecule has 28 heavy (non-hydrogen) atoms. The Labute approximate surface area is 176 Å². The molecule has 0 aromatic heterocycles. The molecule has 0 bridgehead atoms. The number of benzene rings is 1. The zero-order valence-corrected chi connectivity index (χ0v) is 19.3. The smallest absolute Gasteiger partial charge is 0.306 e. The molecule has 0 N–H and O–H groups in total. The summed E-state index contributed by atoms with van der Waals surface area (Å²) in [6.45, 7) is 10.9. The molecule has 1 aromatic carbocycles. The van der Waals surface area contributed by atoms with Crippen molar-refractivity contribution < 1.29 is 23.8 Å². The third-order valence-corrected chi connectivity index (χ3v) is 4.51. The molecule has 0 heterocycles. The predicted octanol–water partition coefficient (Wildman–Crippen LogP) is 4.37. The van der Waals surface area contributed by atoms with Gasteiger partial charge < -0.3 is 19.1 Å². The van der Waals surface area contributed by atoms with Gasteiger partial charge in [0.05, 0.1) is 19.6 Å². The van der Waals surface area contributed by atoms with Crippen molar-refractivity contribution in [3.05, 3.63) is 22.2 Å². The van der Waals surface area contributed by atoms with Gasteiger partial charge in [-0.3, -0.25) is 9.59 Å². The minimum Gasteiger partial charge on any atom is -0.490 e. The van der Waals surface area contributed by atoms with Crippen LogP contribution in [0.2, 0.25) is 0 Å². The van der Waals surface area contributed by atoms with E-state index < -0.39 is 5.60 Å². The van der Waals surface area contributed by atoms with E-state index in [-0.39, 0.29) is 24.7 Å². The van der Waals surface area contributed by atoms with Gasteiger partial charge >= 0.3 is 5.97 Å². The molecule has 0 spiro atoms. The van der Waals surface area contributed by atoms with E-state index in [0.29, 0.717) is 37.7 Å². The first-order chi connectivity index (χ1) is 13.1. The Bertz CT molecular complexity index is 669. The maximum absolute atomic E-state index is 12.6. The summed E-state index contributed by atoms with van der Waals surface area (Å²) < 4.78 is 17.3. The first-order valence-corrected chi connectivity index (χ1v) is 10.4. The highest BCUT2D eigenvalue weighted by Crippen LogP contribution is 2.34. The van der Waals surface area contributed by atoms with E-state index in [0.717, 1.165) is 10.0 Å². The van der Waals surface area contributed by atoms with Crippen LogP contribution < -0.4 is 9.47 Å². The molecule has 0 saturated heterocycles. The molecule has 6 nitrogen and oxygen atoms in total. The summed E-state index contributed by atoms with van der Waals surface area (Å²) in [7, 11) is 1.74. The molecule has 1 rings (SSSR count). The fraction of sp³-hybridized carbons (Fsp3) is 0.619. The van der Waals surface area contributed by atoms with Crippen molar-refractivity contribution in [3.8, 4) is 11.5 Å². The number of likely N-dealkylation sites (N-methyl/N-ethyl adjacent to an activating group) is 1. The van der Waals surface area contributed by atoms with Crippen LogP contribution in [-0.2, 0) is 20.7 Å². The Morgan fingerprint density at radius 3 is 2.18 bits per heavy atom. The molecule has 1 aromatic rings. The van der Waals surface area contributed by atoms with Gasteiger partial charge in [-0.1, -0.05) is 15.9 Å². The van der Waals surface area contributed by atoms with E-state index in [9.17, 15) is 9.59 Å². The average molecular weight is 458 g/mol. The second-order valence-electron chi connectivity index (χ2n) is 7.44. The van der Waals surface area contributed by atoms with Gasteiger partial charge in [-0.2, -0.15) is 0 Å². The number of hydrogen-bond donors (Lipinski definition) is 0. The minimum absolute atomic E-state index is 0.0310. The van der Waals surface area contributed by atoms with Crippen LogP contribution in [0.25, 0.3) is 0 Å². The average Bonchev–Trinajstić information content (AvgIpc) is 2.57. The Morgan fingerprint density at radius 2 is 1.64 bits per heavy atom. The predicted molar refractivity (Wildman–Crippen MR) is 113 cm³/mol. The Kier molecular flexibility index (Phi) is 9.79. The van der Waals surface area contributed by atoms with Gasteiger partial charge in [0.15, 0.2) is 11.5 Å². The van der Waals surface area contributed by atoms with E-state index in [1.165, 1.54) is 0 Å². The van der Waals surface area contributed by atoms with Crippen LogP contribution in [0.5, 0.6) is 11.5 Å². The van der Waals surface area contributed by atoms with Crippen molar-refractivity contribution in [2.75, 3.05) is 26.8 Å². The highest BCUT2D eigenvalue weighted by molar-refractivity contribution is 9.10. The second-order valence-corrected chi connectivity index (χ2v) is 8.29. The highest BCUT2D eigenvalue weighted by Gasteiger charge is 2.18. The number of amides is 1. The minimum atomic E-state index is -0.489. The summed E-state index contributed by atoms with van der Waals surface area (Å²) >= 11 is 3.51. The molecule has 0 aliphatic rings. The number of nitrogens with zero attached hydrogens (tertiary/aromatic N) is 1. The number of halogens is 1. The lowest BCUT2D eigenvalue weighted by Crippen LogP contribution is -2.30. The lowest BCUT2D eigenvalue weighted by atomic mass is 10.1. The summed E-state index contributed by atoms with van der Waals surface area (Å²) in [6.07, 6.45) is 1.08. The molecular weight excluding hydrogens is 426 g/mol. The maximum Gasteiger partial charge on any atom is 0.306 e. The van der Waals surface area contributed by atoms with E-state index in [4.69, 9.17) is 14.2 Å². The van der Waals surface area contributed by atoms with Crippen LogP contribution in [0.4, 0.5) is 0 Å². The SMILES string of the molecule is CCOc1cc(Br)c(CC(=O)N(C)CCCC(=O)OC(C)(C)C)cc1OCC. The van der Waals surface area contributed by atoms with Gasteiger partial charge in [0.25, 0.3) is 0 Å². The van der Waals surface area contributed by atoms with E-state index in [2.05, 4.69) is 15.9 Å². The van der Waals surface area contributed by atoms with Gasteiger partial charge in [-0.05, 0) is 58.7 Å². The third kappa shape index (κ3) is 8.50. The molecule has 7 heteroatoms. The topological polar surface area (TPSA) is 65.1 Å². The van der Waals surface area contributed by atoms with Gasteiger partial charge in [-0.25, -0.2) is 0 Å². The summed E-state index contributed by atoms with van der Waals surface area (Å²) in [5.41, 5.74) is 0.340. The van der Waals surface area contributed by atoms with E-state index in [1.54, 1.807) is 11.9 Å². The number of carbonyl (C=O) groups is 2. The van der Waals surface area contributed by atoms with Crippen molar-refractivity contribution in [1.29, 1.82) is 0 Å². The number of esters is 1. The molecule has 0 atom stereocenters. The van der Waals surface area contributed by atoms with Gasteiger partial charge in [-0.15, -0.1) is 0 Å². The summed E-state index contributed by atoms with van der Waals surface area (Å²) in [5.74, 6) is 1.00. The molecule has 0 aliphatic carbocycles. The zero-order chi connectivity index (χ0) is 21.3. The van der Waals surface area contributed by atoms with Crippen molar-refractivity contribution in [3.63, 3.8) is 0 Å². The largest absolute Gasteiger partial charge is 0.490 e. The van der Waals surface area contributed by atoms with Crippen molar-refractivity contribution >= 4 is 27.8 Å². The van der Waals surface area contributed by atoms with Gasteiger partial charge in [0.2, 0.25) is 5.91 Å². The molecule has 0 radical (unpaired) electrons. The van der Waals surface area contributed by atoms with Crippen LogP contribution in [0, 0.1) is 0 Å². The first-order valence-electron chi connectivity index (χ1n) is 9.61. The molecule has 0 unspecified atom stereocenters. The van der Waals surface area contributed by atoms with Crippen molar-refractivity contribution in [2.45, 2.75) is 59.5 Å². The summed E-state index contributed by atoms with van der Waals surface area (Å²) in [5, 5.41) is 0.